The fourth-order valence-corrected chi connectivity index (χ4v) is 3.70. The Hall–Kier alpha value is -3.27. The number of carbonyl (C=O) groups is 2. The van der Waals surface area contributed by atoms with Crippen molar-refractivity contribution < 1.29 is 27.9 Å². The molecule has 1 unspecified atom stereocenters. The lowest BCUT2D eigenvalue weighted by Gasteiger charge is -2.23. The lowest BCUT2D eigenvalue weighted by atomic mass is 10.0. The Morgan fingerprint density at radius 3 is 2.40 bits per heavy atom. The third-order valence-corrected chi connectivity index (χ3v) is 5.16. The lowest BCUT2D eigenvalue weighted by molar-refractivity contribution is -0.137. The summed E-state index contributed by atoms with van der Waals surface area (Å²) in [6.07, 6.45) is -1.19. The molecule has 2 aromatic carbocycles. The minimum absolute atomic E-state index is 0.0122. The molecule has 0 fully saturated rings. The number of hydrogen-bond donors (Lipinski definition) is 4. The quantitative estimate of drug-likeness (QED) is 0.488. The highest BCUT2D eigenvalue weighted by molar-refractivity contribution is 7.92. The Balaban J connectivity index is 2.27. The normalized spacial score (nSPS) is 12.6. The van der Waals surface area contributed by atoms with Crippen LogP contribution in [0.4, 0.5) is 16.2 Å². The highest BCUT2D eigenvalue weighted by atomic mass is 32.2. The second-order valence-corrected chi connectivity index (χ2v) is 9.28. The first kappa shape index (κ1) is 23.0. The number of rotatable bonds is 7. The average molecular weight is 436 g/mol. The van der Waals surface area contributed by atoms with Gasteiger partial charge >= 0.3 is 12.1 Å². The van der Waals surface area contributed by atoms with E-state index in [9.17, 15) is 23.1 Å². The van der Waals surface area contributed by atoms with Gasteiger partial charge in [0, 0.05) is 11.4 Å². The first-order valence-corrected chi connectivity index (χ1v) is 10.5. The predicted molar refractivity (Wildman–Crippen MR) is 112 cm³/mol. The van der Waals surface area contributed by atoms with Crippen molar-refractivity contribution in [2.45, 2.75) is 43.7 Å². The van der Waals surface area contributed by atoms with Crippen LogP contribution in [0.1, 0.15) is 38.8 Å². The zero-order chi connectivity index (χ0) is 22.5. The Morgan fingerprint density at radius 1 is 1.13 bits per heavy atom. The van der Waals surface area contributed by atoms with Crippen LogP contribution in [-0.2, 0) is 19.6 Å². The number of hydrogen-bond acceptors (Lipinski definition) is 6. The van der Waals surface area contributed by atoms with Crippen molar-refractivity contribution in [1.29, 1.82) is 0 Å². The van der Waals surface area contributed by atoms with Gasteiger partial charge in [-0.15, -0.1) is 0 Å². The molecular weight excluding hydrogens is 410 g/mol. The number of carboxylic acids is 1. The van der Waals surface area contributed by atoms with Crippen LogP contribution >= 0.6 is 0 Å². The standard InChI is InChI=1S/C20H25N3O6S/c1-20(2,3)29-19(26)22-17(12-18(24)25)13-6-4-8-15(10-13)23-30(27,28)16-9-5-7-14(21)11-16/h4-11,17,23H,12,21H2,1-3H3,(H,22,26)(H,24,25). The molecule has 0 spiro atoms. The van der Waals surface area contributed by atoms with Crippen LogP contribution in [0.25, 0.3) is 0 Å². The number of nitrogens with one attached hydrogen (secondary N) is 2. The summed E-state index contributed by atoms with van der Waals surface area (Å²) in [7, 11) is -3.91. The first-order chi connectivity index (χ1) is 13.9. The minimum atomic E-state index is -3.91. The summed E-state index contributed by atoms with van der Waals surface area (Å²) in [4.78, 5) is 23.4. The molecule has 0 aliphatic carbocycles. The molecule has 2 aromatic rings. The lowest BCUT2D eigenvalue weighted by Crippen LogP contribution is -2.35. The monoisotopic (exact) mass is 435 g/mol. The van der Waals surface area contributed by atoms with Crippen molar-refractivity contribution in [1.82, 2.24) is 5.32 Å². The van der Waals surface area contributed by atoms with Gasteiger partial charge in [-0.25, -0.2) is 13.2 Å². The van der Waals surface area contributed by atoms with E-state index in [0.29, 0.717) is 11.3 Å². The average Bonchev–Trinajstić information content (AvgIpc) is 2.59. The SMILES string of the molecule is CC(C)(C)OC(=O)NC(CC(=O)O)c1cccc(NS(=O)(=O)c2cccc(N)c2)c1. The molecule has 9 nitrogen and oxygen atoms in total. The fourth-order valence-electron chi connectivity index (χ4n) is 2.59. The predicted octanol–water partition coefficient (Wildman–Crippen LogP) is 3.11. The summed E-state index contributed by atoms with van der Waals surface area (Å²) in [5.41, 5.74) is 5.80. The zero-order valence-electron chi connectivity index (χ0n) is 16.9. The van der Waals surface area contributed by atoms with E-state index < -0.39 is 40.1 Å². The van der Waals surface area contributed by atoms with E-state index in [2.05, 4.69) is 10.0 Å². The molecular formula is C20H25N3O6S. The molecule has 10 heteroatoms. The van der Waals surface area contributed by atoms with Gasteiger partial charge in [-0.2, -0.15) is 0 Å². The van der Waals surface area contributed by atoms with E-state index in [4.69, 9.17) is 10.5 Å². The molecule has 0 aromatic heterocycles. The van der Waals surface area contributed by atoms with Gasteiger partial charge < -0.3 is 20.9 Å². The molecule has 5 N–H and O–H groups in total. The van der Waals surface area contributed by atoms with Crippen LogP contribution in [0, 0.1) is 0 Å². The number of nitrogen functional groups attached to an aromatic ring is 1. The Bertz CT molecular complexity index is 1030. The van der Waals surface area contributed by atoms with Crippen LogP contribution in [0.15, 0.2) is 53.4 Å². The molecule has 1 atom stereocenters. The van der Waals surface area contributed by atoms with E-state index >= 15 is 0 Å². The van der Waals surface area contributed by atoms with Gasteiger partial charge in [0.1, 0.15) is 5.60 Å². The van der Waals surface area contributed by atoms with Gasteiger partial charge in [0.05, 0.1) is 17.4 Å². The maximum absolute atomic E-state index is 12.6. The van der Waals surface area contributed by atoms with E-state index in [0.717, 1.165) is 0 Å². The molecule has 2 rings (SSSR count). The number of carboxylic acid groups (broad SMARTS) is 1. The number of alkyl carbamates (subject to hydrolysis) is 1. The topological polar surface area (TPSA) is 148 Å². The Morgan fingerprint density at radius 2 is 1.80 bits per heavy atom. The first-order valence-electron chi connectivity index (χ1n) is 9.05. The number of ether oxygens (including phenoxy) is 1. The number of amides is 1. The van der Waals surface area contributed by atoms with Crippen LogP contribution in [0.2, 0.25) is 0 Å². The number of carbonyl (C=O) groups excluding carboxylic acids is 1. The molecule has 0 aliphatic rings. The largest absolute Gasteiger partial charge is 0.481 e. The number of benzene rings is 2. The summed E-state index contributed by atoms with van der Waals surface area (Å²) in [5, 5.41) is 11.7. The Kier molecular flexibility index (Phi) is 6.93. The summed E-state index contributed by atoms with van der Waals surface area (Å²) in [5.74, 6) is -1.14. The Labute approximate surface area is 175 Å². The van der Waals surface area contributed by atoms with Gasteiger partial charge in [0.15, 0.2) is 0 Å². The summed E-state index contributed by atoms with van der Waals surface area (Å²) < 4.78 is 32.8. The number of aliphatic carboxylic acids is 1. The van der Waals surface area contributed by atoms with Gasteiger partial charge in [-0.05, 0) is 56.7 Å². The molecule has 0 heterocycles. The van der Waals surface area contributed by atoms with Gasteiger partial charge in [0.2, 0.25) is 0 Å². The smallest absolute Gasteiger partial charge is 0.408 e. The number of sulfonamides is 1. The summed E-state index contributed by atoms with van der Waals surface area (Å²) in [6, 6.07) is 11.0. The molecule has 1 amide bonds. The molecule has 0 radical (unpaired) electrons. The fraction of sp³-hybridized carbons (Fsp3) is 0.300. The molecule has 162 valence electrons. The van der Waals surface area contributed by atoms with Crippen molar-refractivity contribution >= 4 is 33.5 Å². The van der Waals surface area contributed by atoms with E-state index in [1.54, 1.807) is 39.0 Å². The summed E-state index contributed by atoms with van der Waals surface area (Å²) >= 11 is 0. The third kappa shape index (κ3) is 6.96. The van der Waals surface area contributed by atoms with Crippen LogP contribution < -0.4 is 15.8 Å². The van der Waals surface area contributed by atoms with Gasteiger partial charge in [-0.1, -0.05) is 18.2 Å². The van der Waals surface area contributed by atoms with Gasteiger partial charge in [0.25, 0.3) is 10.0 Å². The van der Waals surface area contributed by atoms with E-state index in [1.807, 2.05) is 0 Å². The second-order valence-electron chi connectivity index (χ2n) is 7.60. The van der Waals surface area contributed by atoms with Crippen molar-refractivity contribution in [2.75, 3.05) is 10.5 Å². The second kappa shape index (κ2) is 9.04. The maximum atomic E-state index is 12.6. The summed E-state index contributed by atoms with van der Waals surface area (Å²) in [6.45, 7) is 5.06. The molecule has 30 heavy (non-hydrogen) atoms. The minimum Gasteiger partial charge on any atom is -0.481 e. The number of anilines is 2. The molecule has 0 bridgehead atoms. The highest BCUT2D eigenvalue weighted by Crippen LogP contribution is 2.24. The van der Waals surface area contributed by atoms with Crippen molar-refractivity contribution in [3.05, 3.63) is 54.1 Å². The molecule has 0 aliphatic heterocycles. The number of nitrogens with two attached hydrogens (primary N) is 1. The van der Waals surface area contributed by atoms with Crippen molar-refractivity contribution in [2.24, 2.45) is 0 Å². The highest BCUT2D eigenvalue weighted by Gasteiger charge is 2.23. The van der Waals surface area contributed by atoms with E-state index in [-0.39, 0.29) is 10.6 Å². The van der Waals surface area contributed by atoms with E-state index in [1.165, 1.54) is 30.3 Å². The van der Waals surface area contributed by atoms with Crippen LogP contribution in [0.5, 0.6) is 0 Å². The molecule has 0 saturated heterocycles. The zero-order valence-corrected chi connectivity index (χ0v) is 17.7. The van der Waals surface area contributed by atoms with Crippen molar-refractivity contribution in [3.8, 4) is 0 Å². The maximum Gasteiger partial charge on any atom is 0.408 e. The van der Waals surface area contributed by atoms with Crippen molar-refractivity contribution in [3.63, 3.8) is 0 Å². The van der Waals surface area contributed by atoms with Gasteiger partial charge in [-0.3, -0.25) is 9.52 Å². The van der Waals surface area contributed by atoms with Crippen LogP contribution in [-0.4, -0.2) is 31.2 Å². The molecule has 0 saturated carbocycles. The third-order valence-electron chi connectivity index (χ3n) is 3.78. The van der Waals surface area contributed by atoms with Crippen LogP contribution in [0.3, 0.4) is 0 Å².